The van der Waals surface area contributed by atoms with E-state index in [4.69, 9.17) is 4.74 Å². The Hall–Kier alpha value is -2.88. The van der Waals surface area contributed by atoms with Gasteiger partial charge in [0.25, 0.3) is 5.56 Å². The minimum absolute atomic E-state index is 0.117. The summed E-state index contributed by atoms with van der Waals surface area (Å²) >= 11 is 0. The van der Waals surface area contributed by atoms with Gasteiger partial charge in [-0.3, -0.25) is 4.79 Å². The molecule has 122 valence electrons. The van der Waals surface area contributed by atoms with Crippen molar-refractivity contribution in [2.45, 2.75) is 13.5 Å². The first kappa shape index (κ1) is 16.0. The summed E-state index contributed by atoms with van der Waals surface area (Å²) in [6.45, 7) is 2.05. The Labute approximate surface area is 140 Å². The molecule has 0 saturated carbocycles. The van der Waals surface area contributed by atoms with Crippen LogP contribution in [0.4, 0.5) is 4.39 Å². The molecule has 0 saturated heterocycles. The average molecular weight is 323 g/mol. The summed E-state index contributed by atoms with van der Waals surface area (Å²) in [4.78, 5) is 12.1. The molecule has 2 aromatic carbocycles. The van der Waals surface area contributed by atoms with Crippen LogP contribution in [-0.4, -0.2) is 11.7 Å². The van der Waals surface area contributed by atoms with Crippen LogP contribution in [0.15, 0.2) is 65.6 Å². The van der Waals surface area contributed by atoms with Gasteiger partial charge >= 0.3 is 0 Å². The van der Waals surface area contributed by atoms with E-state index in [0.29, 0.717) is 12.1 Å². The van der Waals surface area contributed by atoms with E-state index in [-0.39, 0.29) is 11.4 Å². The Bertz CT molecular complexity index is 914. The van der Waals surface area contributed by atoms with Crippen LogP contribution in [-0.2, 0) is 6.54 Å². The molecule has 1 heterocycles. The van der Waals surface area contributed by atoms with E-state index < -0.39 is 0 Å². The van der Waals surface area contributed by atoms with E-state index in [1.54, 1.807) is 36.9 Å². The Morgan fingerprint density at radius 2 is 1.71 bits per heavy atom. The fraction of sp³-hybridized carbons (Fsp3) is 0.150. The number of ether oxygens (including phenoxy) is 1. The third-order valence-corrected chi connectivity index (χ3v) is 4.00. The summed E-state index contributed by atoms with van der Waals surface area (Å²) in [6.07, 6.45) is 1.79. The molecule has 0 spiro atoms. The molecule has 0 atom stereocenters. The second-order valence-corrected chi connectivity index (χ2v) is 5.70. The van der Waals surface area contributed by atoms with E-state index in [1.165, 1.54) is 12.1 Å². The van der Waals surface area contributed by atoms with Gasteiger partial charge in [0.15, 0.2) is 0 Å². The van der Waals surface area contributed by atoms with Crippen LogP contribution in [0.3, 0.4) is 0 Å². The predicted octanol–water partition coefficient (Wildman–Crippen LogP) is 4.02. The molecule has 0 unspecified atom stereocenters. The van der Waals surface area contributed by atoms with Gasteiger partial charge in [0.1, 0.15) is 11.6 Å². The van der Waals surface area contributed by atoms with Crippen LogP contribution in [0.1, 0.15) is 11.1 Å². The van der Waals surface area contributed by atoms with Crippen molar-refractivity contribution in [1.29, 1.82) is 0 Å². The van der Waals surface area contributed by atoms with Gasteiger partial charge in [0.05, 0.1) is 13.7 Å². The fourth-order valence-corrected chi connectivity index (χ4v) is 2.54. The van der Waals surface area contributed by atoms with Crippen LogP contribution >= 0.6 is 0 Å². The SMILES string of the molecule is COc1ccc(-c2ccc(=O)n(Cc3ccc(C)c(F)c3)c2)cc1. The zero-order valence-electron chi connectivity index (χ0n) is 13.6. The van der Waals surface area contributed by atoms with Crippen molar-refractivity contribution < 1.29 is 9.13 Å². The number of aromatic nitrogens is 1. The summed E-state index contributed by atoms with van der Waals surface area (Å²) in [7, 11) is 1.62. The van der Waals surface area contributed by atoms with Gasteiger partial charge in [-0.25, -0.2) is 4.39 Å². The number of hydrogen-bond donors (Lipinski definition) is 0. The average Bonchev–Trinajstić information content (AvgIpc) is 2.60. The lowest BCUT2D eigenvalue weighted by atomic mass is 10.1. The molecule has 3 rings (SSSR count). The van der Waals surface area contributed by atoms with E-state index in [2.05, 4.69) is 0 Å². The standard InChI is InChI=1S/C20H18FNO2/c1-14-3-4-15(11-19(14)21)12-22-13-17(7-10-20(22)23)16-5-8-18(24-2)9-6-16/h3-11,13H,12H2,1-2H3. The molecule has 3 aromatic rings. The maximum Gasteiger partial charge on any atom is 0.250 e. The summed E-state index contributed by atoms with van der Waals surface area (Å²) in [5.41, 5.74) is 3.14. The topological polar surface area (TPSA) is 31.2 Å². The summed E-state index contributed by atoms with van der Waals surface area (Å²) in [5.74, 6) is 0.522. The highest BCUT2D eigenvalue weighted by Gasteiger charge is 2.05. The molecule has 0 radical (unpaired) electrons. The minimum atomic E-state index is -0.258. The molecule has 0 aliphatic heterocycles. The Morgan fingerprint density at radius 3 is 2.38 bits per heavy atom. The first-order valence-corrected chi connectivity index (χ1v) is 7.67. The highest BCUT2D eigenvalue weighted by atomic mass is 19.1. The number of hydrogen-bond acceptors (Lipinski definition) is 2. The van der Waals surface area contributed by atoms with Gasteiger partial charge < -0.3 is 9.30 Å². The summed E-state index contributed by atoms with van der Waals surface area (Å²) in [6, 6.07) is 16.0. The second-order valence-electron chi connectivity index (χ2n) is 5.70. The lowest BCUT2D eigenvalue weighted by molar-refractivity contribution is 0.415. The van der Waals surface area contributed by atoms with Crippen LogP contribution in [0.25, 0.3) is 11.1 Å². The minimum Gasteiger partial charge on any atom is -0.497 e. The summed E-state index contributed by atoms with van der Waals surface area (Å²) < 4.78 is 20.4. The molecule has 0 amide bonds. The Balaban J connectivity index is 1.93. The maximum atomic E-state index is 13.7. The van der Waals surface area contributed by atoms with Crippen molar-refractivity contribution in [3.8, 4) is 16.9 Å². The van der Waals surface area contributed by atoms with Gasteiger partial charge in [-0.05, 0) is 53.4 Å². The molecule has 0 fully saturated rings. The van der Waals surface area contributed by atoms with E-state index in [0.717, 1.165) is 22.4 Å². The van der Waals surface area contributed by atoms with E-state index in [9.17, 15) is 9.18 Å². The van der Waals surface area contributed by atoms with Crippen LogP contribution < -0.4 is 10.3 Å². The molecule has 3 nitrogen and oxygen atoms in total. The zero-order chi connectivity index (χ0) is 17.1. The smallest absolute Gasteiger partial charge is 0.250 e. The zero-order valence-corrected chi connectivity index (χ0v) is 13.6. The van der Waals surface area contributed by atoms with E-state index >= 15 is 0 Å². The monoisotopic (exact) mass is 323 g/mol. The number of rotatable bonds is 4. The number of methoxy groups -OCH3 is 1. The Kier molecular flexibility index (Phi) is 4.47. The van der Waals surface area contributed by atoms with Gasteiger partial charge in [0.2, 0.25) is 0 Å². The number of nitrogens with zero attached hydrogens (tertiary/aromatic N) is 1. The molecule has 1 aromatic heterocycles. The van der Waals surface area contributed by atoms with Crippen molar-refractivity contribution in [2.24, 2.45) is 0 Å². The van der Waals surface area contributed by atoms with Gasteiger partial charge in [0, 0.05) is 12.3 Å². The lowest BCUT2D eigenvalue weighted by Crippen LogP contribution is -2.19. The molecular formula is C20H18FNO2. The molecule has 0 bridgehead atoms. The number of halogens is 1. The molecule has 4 heteroatoms. The third kappa shape index (κ3) is 3.38. The van der Waals surface area contributed by atoms with Crippen molar-refractivity contribution in [2.75, 3.05) is 7.11 Å². The summed E-state index contributed by atoms with van der Waals surface area (Å²) in [5, 5.41) is 0. The van der Waals surface area contributed by atoms with Crippen LogP contribution in [0.2, 0.25) is 0 Å². The highest BCUT2D eigenvalue weighted by molar-refractivity contribution is 5.63. The third-order valence-electron chi connectivity index (χ3n) is 4.00. The fourth-order valence-electron chi connectivity index (χ4n) is 2.54. The largest absolute Gasteiger partial charge is 0.497 e. The molecule has 24 heavy (non-hydrogen) atoms. The van der Waals surface area contributed by atoms with Gasteiger partial charge in [-0.2, -0.15) is 0 Å². The van der Waals surface area contributed by atoms with Gasteiger partial charge in [-0.1, -0.05) is 24.3 Å². The number of aryl methyl sites for hydroxylation is 1. The lowest BCUT2D eigenvalue weighted by Gasteiger charge is -2.10. The van der Waals surface area contributed by atoms with Gasteiger partial charge in [-0.15, -0.1) is 0 Å². The first-order valence-electron chi connectivity index (χ1n) is 7.67. The van der Waals surface area contributed by atoms with E-state index in [1.807, 2.05) is 30.3 Å². The Morgan fingerprint density at radius 1 is 1.00 bits per heavy atom. The van der Waals surface area contributed by atoms with Crippen LogP contribution in [0, 0.1) is 12.7 Å². The van der Waals surface area contributed by atoms with Crippen molar-refractivity contribution >= 4 is 0 Å². The highest BCUT2D eigenvalue weighted by Crippen LogP contribution is 2.21. The van der Waals surface area contributed by atoms with Crippen molar-refractivity contribution in [1.82, 2.24) is 4.57 Å². The quantitative estimate of drug-likeness (QED) is 0.726. The molecule has 0 aliphatic carbocycles. The number of pyridine rings is 1. The van der Waals surface area contributed by atoms with Crippen LogP contribution in [0.5, 0.6) is 5.75 Å². The predicted molar refractivity (Wildman–Crippen MR) is 92.9 cm³/mol. The second kappa shape index (κ2) is 6.71. The normalized spacial score (nSPS) is 10.6. The maximum absolute atomic E-state index is 13.7. The molecular weight excluding hydrogens is 305 g/mol. The molecule has 0 N–H and O–H groups in total. The van der Waals surface area contributed by atoms with Crippen molar-refractivity contribution in [3.05, 3.63) is 88.1 Å². The first-order chi connectivity index (χ1) is 11.6. The molecule has 0 aliphatic rings. The van der Waals surface area contributed by atoms with Crippen molar-refractivity contribution in [3.63, 3.8) is 0 Å². The number of benzene rings is 2.